The Kier molecular flexibility index (Phi) is 5.94. The molecule has 4 heteroatoms. The summed E-state index contributed by atoms with van der Waals surface area (Å²) in [7, 11) is 0. The number of hydrogen-bond donors (Lipinski definition) is 1. The molecule has 138 valence electrons. The van der Waals surface area contributed by atoms with Gasteiger partial charge in [-0.25, -0.2) is 4.79 Å². The van der Waals surface area contributed by atoms with Crippen LogP contribution < -0.4 is 0 Å². The van der Waals surface area contributed by atoms with E-state index in [2.05, 4.69) is 32.1 Å². The normalized spacial score (nSPS) is 16.4. The number of nitrogens with zero attached hydrogens (tertiary/aromatic N) is 1. The third-order valence-electron chi connectivity index (χ3n) is 4.62. The molecule has 0 aromatic heterocycles. The van der Waals surface area contributed by atoms with Gasteiger partial charge in [-0.05, 0) is 75.3 Å². The van der Waals surface area contributed by atoms with Gasteiger partial charge in [-0.2, -0.15) is 0 Å². The summed E-state index contributed by atoms with van der Waals surface area (Å²) in [6.45, 7) is 13.0. The van der Waals surface area contributed by atoms with Crippen LogP contribution in [-0.2, 0) is 4.74 Å². The van der Waals surface area contributed by atoms with Crippen molar-refractivity contribution in [2.45, 2.75) is 66.1 Å². The molecule has 0 saturated heterocycles. The van der Waals surface area contributed by atoms with Gasteiger partial charge in [0, 0.05) is 13.1 Å². The maximum absolute atomic E-state index is 12.2. The molecular weight excluding hydrogens is 314 g/mol. The minimum atomic E-state index is -0.479. The Morgan fingerprint density at radius 1 is 1.28 bits per heavy atom. The van der Waals surface area contributed by atoms with E-state index in [1.165, 1.54) is 16.7 Å². The highest BCUT2D eigenvalue weighted by Crippen LogP contribution is 2.32. The summed E-state index contributed by atoms with van der Waals surface area (Å²) in [6.07, 6.45) is 2.82. The minimum absolute atomic E-state index is 0.267. The van der Waals surface area contributed by atoms with E-state index >= 15 is 0 Å². The summed E-state index contributed by atoms with van der Waals surface area (Å²) in [6, 6.07) is 4.26. The summed E-state index contributed by atoms with van der Waals surface area (Å²) in [5, 5.41) is 10.4. The van der Waals surface area contributed by atoms with Gasteiger partial charge < -0.3 is 14.7 Å². The van der Waals surface area contributed by atoms with Crippen LogP contribution in [0.25, 0.3) is 5.57 Å². The Balaban J connectivity index is 2.24. The number of carbonyl (C=O) groups is 1. The molecule has 0 fully saturated rings. The van der Waals surface area contributed by atoms with Crippen LogP contribution >= 0.6 is 0 Å². The molecule has 1 atom stereocenters. The number of benzene rings is 1. The lowest BCUT2D eigenvalue weighted by atomic mass is 9.88. The molecule has 1 amide bonds. The van der Waals surface area contributed by atoms with Crippen LogP contribution in [0.1, 0.15) is 68.9 Å². The molecular formula is C21H31NO3. The van der Waals surface area contributed by atoms with Crippen molar-refractivity contribution in [3.05, 3.63) is 40.5 Å². The first kappa shape index (κ1) is 19.5. The zero-order chi connectivity index (χ0) is 18.8. The van der Waals surface area contributed by atoms with Crippen LogP contribution in [0.2, 0.25) is 0 Å². The van der Waals surface area contributed by atoms with E-state index in [0.29, 0.717) is 19.5 Å². The van der Waals surface area contributed by atoms with Gasteiger partial charge >= 0.3 is 6.09 Å². The maximum atomic E-state index is 12.2. The molecule has 0 bridgehead atoms. The van der Waals surface area contributed by atoms with Crippen molar-refractivity contribution < 1.29 is 14.6 Å². The molecule has 0 spiro atoms. The Morgan fingerprint density at radius 2 is 1.92 bits per heavy atom. The summed E-state index contributed by atoms with van der Waals surface area (Å²) in [5.41, 5.74) is 5.23. The molecule has 1 aromatic carbocycles. The molecule has 4 nitrogen and oxygen atoms in total. The number of amides is 1. The van der Waals surface area contributed by atoms with Crippen LogP contribution in [-0.4, -0.2) is 34.8 Å². The second-order valence-corrected chi connectivity index (χ2v) is 7.85. The Labute approximate surface area is 151 Å². The minimum Gasteiger partial charge on any atom is -0.444 e. The second kappa shape index (κ2) is 7.61. The van der Waals surface area contributed by atoms with Crippen molar-refractivity contribution in [2.75, 3.05) is 13.1 Å². The predicted molar refractivity (Wildman–Crippen MR) is 102 cm³/mol. The van der Waals surface area contributed by atoms with Crippen molar-refractivity contribution in [3.63, 3.8) is 0 Å². The van der Waals surface area contributed by atoms with E-state index in [1.807, 2.05) is 27.7 Å². The molecule has 0 unspecified atom stereocenters. The van der Waals surface area contributed by atoms with Crippen molar-refractivity contribution >= 4 is 11.7 Å². The largest absolute Gasteiger partial charge is 0.444 e. The fraction of sp³-hybridized carbons (Fsp3) is 0.571. The summed E-state index contributed by atoms with van der Waals surface area (Å²) >= 11 is 0. The van der Waals surface area contributed by atoms with Crippen molar-refractivity contribution in [2.24, 2.45) is 0 Å². The first-order chi connectivity index (χ1) is 11.6. The third-order valence-corrected chi connectivity index (χ3v) is 4.62. The average molecular weight is 345 g/mol. The zero-order valence-corrected chi connectivity index (χ0v) is 16.3. The summed E-state index contributed by atoms with van der Waals surface area (Å²) in [5.74, 6) is 0. The summed E-state index contributed by atoms with van der Waals surface area (Å²) < 4.78 is 5.45. The fourth-order valence-corrected chi connectivity index (χ4v) is 3.02. The van der Waals surface area contributed by atoms with Crippen molar-refractivity contribution in [1.82, 2.24) is 4.90 Å². The monoisotopic (exact) mass is 345 g/mol. The topological polar surface area (TPSA) is 49.8 Å². The number of carbonyl (C=O) groups excluding carboxylic acids is 1. The van der Waals surface area contributed by atoms with E-state index in [4.69, 9.17) is 4.74 Å². The smallest absolute Gasteiger partial charge is 0.410 e. The molecule has 25 heavy (non-hydrogen) atoms. The molecule has 1 heterocycles. The first-order valence-corrected chi connectivity index (χ1v) is 9.09. The molecule has 0 aliphatic carbocycles. The second-order valence-electron chi connectivity index (χ2n) is 7.85. The zero-order valence-electron chi connectivity index (χ0n) is 16.3. The molecule has 0 radical (unpaired) electrons. The van der Waals surface area contributed by atoms with Gasteiger partial charge in [0.1, 0.15) is 5.60 Å². The first-order valence-electron chi connectivity index (χ1n) is 9.09. The van der Waals surface area contributed by atoms with Crippen molar-refractivity contribution in [1.29, 1.82) is 0 Å². The number of rotatable bonds is 3. The number of ether oxygens (including phenoxy) is 1. The fourth-order valence-electron chi connectivity index (χ4n) is 3.02. The lowest BCUT2D eigenvalue weighted by Gasteiger charge is -2.30. The van der Waals surface area contributed by atoms with E-state index in [1.54, 1.807) is 4.90 Å². The van der Waals surface area contributed by atoms with Crippen LogP contribution in [0.15, 0.2) is 18.2 Å². The highest BCUT2D eigenvalue weighted by atomic mass is 16.6. The Morgan fingerprint density at radius 3 is 2.44 bits per heavy atom. The molecule has 1 aliphatic rings. The number of hydrogen-bond acceptors (Lipinski definition) is 3. The standard InChI is InChI=1S/C21H31NO3/c1-7-19(23)18-13-15(3)14(2)12-17(18)16-8-10-22(11-9-16)20(24)25-21(4,5)6/h8,12-13,19,23H,7,9-11H2,1-6H3/t19-/m0/s1. The van der Waals surface area contributed by atoms with E-state index in [9.17, 15) is 9.90 Å². The summed E-state index contributed by atoms with van der Waals surface area (Å²) in [4.78, 5) is 13.9. The predicted octanol–water partition coefficient (Wildman–Crippen LogP) is 4.77. The highest BCUT2D eigenvalue weighted by molar-refractivity contribution is 5.74. The third kappa shape index (κ3) is 4.85. The van der Waals surface area contributed by atoms with E-state index < -0.39 is 11.7 Å². The molecule has 1 N–H and O–H groups in total. The van der Waals surface area contributed by atoms with E-state index in [0.717, 1.165) is 17.5 Å². The van der Waals surface area contributed by atoms with Gasteiger partial charge in [-0.1, -0.05) is 25.1 Å². The van der Waals surface area contributed by atoms with Crippen LogP contribution in [0.5, 0.6) is 0 Å². The van der Waals surface area contributed by atoms with Gasteiger partial charge in [0.25, 0.3) is 0 Å². The van der Waals surface area contributed by atoms with Gasteiger partial charge in [-0.3, -0.25) is 0 Å². The Bertz CT molecular complexity index is 670. The lowest BCUT2D eigenvalue weighted by molar-refractivity contribution is 0.0270. The number of aliphatic hydroxyl groups excluding tert-OH is 1. The molecule has 1 aromatic rings. The SMILES string of the molecule is CC[C@H](O)c1cc(C)c(C)cc1C1=CCN(C(=O)OC(C)(C)C)CC1. The number of aliphatic hydroxyl groups is 1. The van der Waals surface area contributed by atoms with Crippen LogP contribution in [0.3, 0.4) is 0 Å². The van der Waals surface area contributed by atoms with Gasteiger partial charge in [0.15, 0.2) is 0 Å². The van der Waals surface area contributed by atoms with Gasteiger partial charge in [0.05, 0.1) is 6.10 Å². The van der Waals surface area contributed by atoms with Crippen LogP contribution in [0.4, 0.5) is 4.79 Å². The van der Waals surface area contributed by atoms with E-state index in [-0.39, 0.29) is 6.09 Å². The quantitative estimate of drug-likeness (QED) is 0.858. The lowest BCUT2D eigenvalue weighted by Crippen LogP contribution is -2.39. The van der Waals surface area contributed by atoms with Gasteiger partial charge in [-0.15, -0.1) is 0 Å². The average Bonchev–Trinajstić information content (AvgIpc) is 2.54. The maximum Gasteiger partial charge on any atom is 0.410 e. The van der Waals surface area contributed by atoms with Gasteiger partial charge in [0.2, 0.25) is 0 Å². The highest BCUT2D eigenvalue weighted by Gasteiger charge is 2.25. The number of aryl methyl sites for hydroxylation is 2. The van der Waals surface area contributed by atoms with Crippen molar-refractivity contribution in [3.8, 4) is 0 Å². The van der Waals surface area contributed by atoms with Crippen LogP contribution in [0, 0.1) is 13.8 Å². The molecule has 2 rings (SSSR count). The Hall–Kier alpha value is -1.81. The molecule has 1 aliphatic heterocycles. The molecule has 0 saturated carbocycles.